The fraction of sp³-hybridized carbons (Fsp3) is 0.562. The van der Waals surface area contributed by atoms with Gasteiger partial charge in [0, 0.05) is 33.2 Å². The number of carbonyl (C=O) groups excluding carboxylic acids is 1. The minimum Gasteiger partial charge on any atom is -0.383 e. The van der Waals surface area contributed by atoms with Gasteiger partial charge in [-0.3, -0.25) is 4.79 Å². The summed E-state index contributed by atoms with van der Waals surface area (Å²) < 4.78 is 5.25. The standard InChI is InChI=1S/C16H26N2O2/c1-4-18(5-2)16(19)11-12-17-15(13-20-3)14-9-7-6-8-10-14/h6-10,15,17H,4-5,11-13H2,1-3H3. The summed E-state index contributed by atoms with van der Waals surface area (Å²) in [5.41, 5.74) is 1.18. The van der Waals surface area contributed by atoms with Crippen LogP contribution in [0.15, 0.2) is 30.3 Å². The second-order valence-corrected chi connectivity index (χ2v) is 4.69. The normalized spacial score (nSPS) is 12.2. The van der Waals surface area contributed by atoms with Gasteiger partial charge in [-0.15, -0.1) is 0 Å². The molecule has 4 heteroatoms. The minimum absolute atomic E-state index is 0.130. The van der Waals surface area contributed by atoms with Crippen molar-refractivity contribution in [1.82, 2.24) is 10.2 Å². The zero-order valence-electron chi connectivity index (χ0n) is 12.8. The fourth-order valence-electron chi connectivity index (χ4n) is 2.21. The molecule has 1 N–H and O–H groups in total. The van der Waals surface area contributed by atoms with Gasteiger partial charge >= 0.3 is 0 Å². The van der Waals surface area contributed by atoms with Crippen molar-refractivity contribution >= 4 is 5.91 Å². The van der Waals surface area contributed by atoms with E-state index in [-0.39, 0.29) is 11.9 Å². The Morgan fingerprint density at radius 1 is 1.25 bits per heavy atom. The van der Waals surface area contributed by atoms with E-state index in [1.165, 1.54) is 5.56 Å². The van der Waals surface area contributed by atoms with Crippen molar-refractivity contribution in [2.75, 3.05) is 33.4 Å². The molecule has 0 aliphatic rings. The van der Waals surface area contributed by atoms with Crippen LogP contribution in [-0.2, 0) is 9.53 Å². The molecule has 0 aliphatic carbocycles. The molecule has 0 spiro atoms. The van der Waals surface area contributed by atoms with Crippen molar-refractivity contribution in [2.24, 2.45) is 0 Å². The molecule has 4 nitrogen and oxygen atoms in total. The number of rotatable bonds is 9. The summed E-state index contributed by atoms with van der Waals surface area (Å²) in [6.07, 6.45) is 0.523. The SMILES string of the molecule is CCN(CC)C(=O)CCNC(COC)c1ccccc1. The van der Waals surface area contributed by atoms with Crippen LogP contribution in [-0.4, -0.2) is 44.2 Å². The van der Waals surface area contributed by atoms with E-state index in [0.717, 1.165) is 13.1 Å². The largest absolute Gasteiger partial charge is 0.383 e. The number of hydrogen-bond donors (Lipinski definition) is 1. The van der Waals surface area contributed by atoms with Crippen molar-refractivity contribution in [3.63, 3.8) is 0 Å². The van der Waals surface area contributed by atoms with Gasteiger partial charge in [-0.2, -0.15) is 0 Å². The highest BCUT2D eigenvalue weighted by Gasteiger charge is 2.13. The Balaban J connectivity index is 2.46. The molecular weight excluding hydrogens is 252 g/mol. The molecule has 0 aromatic heterocycles. The van der Waals surface area contributed by atoms with Crippen LogP contribution >= 0.6 is 0 Å². The van der Waals surface area contributed by atoms with E-state index in [1.807, 2.05) is 36.9 Å². The summed E-state index contributed by atoms with van der Waals surface area (Å²) in [5.74, 6) is 0.201. The molecular formula is C16H26N2O2. The molecule has 0 fully saturated rings. The van der Waals surface area contributed by atoms with Crippen LogP contribution in [0.3, 0.4) is 0 Å². The highest BCUT2D eigenvalue weighted by Crippen LogP contribution is 2.12. The molecule has 0 heterocycles. The molecule has 1 aromatic rings. The van der Waals surface area contributed by atoms with Crippen LogP contribution in [0.1, 0.15) is 31.9 Å². The maximum absolute atomic E-state index is 11.9. The lowest BCUT2D eigenvalue weighted by Gasteiger charge is -2.21. The van der Waals surface area contributed by atoms with Gasteiger partial charge in [-0.1, -0.05) is 30.3 Å². The lowest BCUT2D eigenvalue weighted by molar-refractivity contribution is -0.130. The van der Waals surface area contributed by atoms with Gasteiger partial charge < -0.3 is 15.0 Å². The van der Waals surface area contributed by atoms with Gasteiger partial charge in [0.05, 0.1) is 12.6 Å². The third-order valence-electron chi connectivity index (χ3n) is 3.38. The summed E-state index contributed by atoms with van der Waals surface area (Å²) in [5, 5.41) is 3.40. The van der Waals surface area contributed by atoms with Crippen LogP contribution in [0.4, 0.5) is 0 Å². The van der Waals surface area contributed by atoms with Crippen LogP contribution in [0, 0.1) is 0 Å². The quantitative estimate of drug-likeness (QED) is 0.753. The monoisotopic (exact) mass is 278 g/mol. The molecule has 0 saturated heterocycles. The van der Waals surface area contributed by atoms with E-state index in [2.05, 4.69) is 17.4 Å². The van der Waals surface area contributed by atoms with E-state index < -0.39 is 0 Å². The molecule has 0 aliphatic heterocycles. The first kappa shape index (κ1) is 16.7. The Morgan fingerprint density at radius 3 is 2.45 bits per heavy atom. The number of nitrogens with one attached hydrogen (secondary N) is 1. The third kappa shape index (κ3) is 5.31. The van der Waals surface area contributed by atoms with Crippen LogP contribution < -0.4 is 5.32 Å². The molecule has 20 heavy (non-hydrogen) atoms. The summed E-state index contributed by atoms with van der Waals surface area (Å²) in [7, 11) is 1.69. The average molecular weight is 278 g/mol. The second-order valence-electron chi connectivity index (χ2n) is 4.69. The maximum Gasteiger partial charge on any atom is 0.223 e. The topological polar surface area (TPSA) is 41.6 Å². The lowest BCUT2D eigenvalue weighted by Crippen LogP contribution is -2.34. The van der Waals surface area contributed by atoms with Crippen molar-refractivity contribution in [3.8, 4) is 0 Å². The minimum atomic E-state index is 0.130. The number of benzene rings is 1. The van der Waals surface area contributed by atoms with Crippen LogP contribution in [0.25, 0.3) is 0 Å². The van der Waals surface area contributed by atoms with Crippen molar-refractivity contribution in [1.29, 1.82) is 0 Å². The summed E-state index contributed by atoms with van der Waals surface area (Å²) in [4.78, 5) is 13.8. The lowest BCUT2D eigenvalue weighted by atomic mass is 10.1. The molecule has 0 radical (unpaired) electrons. The fourth-order valence-corrected chi connectivity index (χ4v) is 2.21. The molecule has 1 aromatic carbocycles. The highest BCUT2D eigenvalue weighted by atomic mass is 16.5. The number of methoxy groups -OCH3 is 1. The van der Waals surface area contributed by atoms with E-state index >= 15 is 0 Å². The number of hydrogen-bond acceptors (Lipinski definition) is 3. The van der Waals surface area contributed by atoms with Gasteiger partial charge in [0.2, 0.25) is 5.91 Å². The van der Waals surface area contributed by atoms with Crippen LogP contribution in [0.2, 0.25) is 0 Å². The van der Waals surface area contributed by atoms with E-state index in [4.69, 9.17) is 4.74 Å². The second kappa shape index (κ2) is 9.50. The number of nitrogens with zero attached hydrogens (tertiary/aromatic N) is 1. The number of carbonyl (C=O) groups is 1. The average Bonchev–Trinajstić information content (AvgIpc) is 2.48. The smallest absolute Gasteiger partial charge is 0.223 e. The molecule has 1 rings (SSSR count). The summed E-state index contributed by atoms with van der Waals surface area (Å²) >= 11 is 0. The first-order valence-corrected chi connectivity index (χ1v) is 7.27. The predicted molar refractivity (Wildman–Crippen MR) is 81.6 cm³/mol. The van der Waals surface area contributed by atoms with Crippen molar-refractivity contribution < 1.29 is 9.53 Å². The van der Waals surface area contributed by atoms with Gasteiger partial charge in [0.15, 0.2) is 0 Å². The van der Waals surface area contributed by atoms with E-state index in [1.54, 1.807) is 7.11 Å². The zero-order chi connectivity index (χ0) is 14.8. The summed E-state index contributed by atoms with van der Waals surface area (Å²) in [6.45, 7) is 6.83. The third-order valence-corrected chi connectivity index (χ3v) is 3.38. The maximum atomic E-state index is 11.9. The first-order valence-electron chi connectivity index (χ1n) is 7.27. The Hall–Kier alpha value is -1.39. The number of amides is 1. The van der Waals surface area contributed by atoms with Crippen LogP contribution in [0.5, 0.6) is 0 Å². The van der Waals surface area contributed by atoms with E-state index in [0.29, 0.717) is 19.6 Å². The van der Waals surface area contributed by atoms with Crippen molar-refractivity contribution in [2.45, 2.75) is 26.3 Å². The van der Waals surface area contributed by atoms with Gasteiger partial charge in [-0.05, 0) is 19.4 Å². The van der Waals surface area contributed by atoms with E-state index in [9.17, 15) is 4.79 Å². The Morgan fingerprint density at radius 2 is 1.90 bits per heavy atom. The zero-order valence-corrected chi connectivity index (χ0v) is 12.8. The van der Waals surface area contributed by atoms with Gasteiger partial charge in [0.25, 0.3) is 0 Å². The van der Waals surface area contributed by atoms with Gasteiger partial charge in [-0.25, -0.2) is 0 Å². The first-order chi connectivity index (χ1) is 9.72. The Bertz CT molecular complexity index is 377. The molecule has 0 saturated carbocycles. The highest BCUT2D eigenvalue weighted by molar-refractivity contribution is 5.76. The summed E-state index contributed by atoms with van der Waals surface area (Å²) in [6, 6.07) is 10.3. The molecule has 112 valence electrons. The Kier molecular flexibility index (Phi) is 7.92. The number of ether oxygens (including phenoxy) is 1. The molecule has 1 amide bonds. The van der Waals surface area contributed by atoms with Gasteiger partial charge in [0.1, 0.15) is 0 Å². The van der Waals surface area contributed by atoms with Crippen molar-refractivity contribution in [3.05, 3.63) is 35.9 Å². The Labute approximate surface area is 122 Å². The molecule has 0 bridgehead atoms. The molecule has 1 atom stereocenters. The molecule has 1 unspecified atom stereocenters. The predicted octanol–water partition coefficient (Wildman–Crippen LogP) is 2.22.